The molecule has 164 valence electrons. The summed E-state index contributed by atoms with van der Waals surface area (Å²) in [5.74, 6) is 0.176. The molecule has 4 rings (SSSR count). The van der Waals surface area contributed by atoms with Crippen LogP contribution in [0.4, 0.5) is 0 Å². The smallest absolute Gasteiger partial charge is 0.289 e. The first-order valence-electron chi connectivity index (χ1n) is 10.2. The number of nitriles is 1. The summed E-state index contributed by atoms with van der Waals surface area (Å²) in [5, 5.41) is 16.1. The molecule has 0 aliphatic rings. The van der Waals surface area contributed by atoms with E-state index in [1.165, 1.54) is 4.68 Å². The third-order valence-corrected chi connectivity index (χ3v) is 6.31. The second-order valence-electron chi connectivity index (χ2n) is 7.55. The number of benzene rings is 3. The van der Waals surface area contributed by atoms with Gasteiger partial charge in [-0.15, -0.1) is 0 Å². The molecule has 3 aromatic carbocycles. The fraction of sp³-hybridized carbons (Fsp3) is 0.115. The van der Waals surface area contributed by atoms with Crippen LogP contribution in [-0.4, -0.2) is 15.7 Å². The van der Waals surface area contributed by atoms with Crippen molar-refractivity contribution in [2.24, 2.45) is 0 Å². The molecule has 0 aliphatic carbocycles. The molecule has 7 heteroatoms. The molecule has 0 saturated carbocycles. The Bertz CT molecular complexity index is 1420. The van der Waals surface area contributed by atoms with E-state index in [-0.39, 0.29) is 5.57 Å². The monoisotopic (exact) mass is 563 g/mol. The lowest BCUT2D eigenvalue weighted by molar-refractivity contribution is 0.0943. The second-order valence-corrected chi connectivity index (χ2v) is 9.26. The van der Waals surface area contributed by atoms with Crippen molar-refractivity contribution >= 4 is 54.6 Å². The number of fused-ring (bicyclic) bond motifs is 1. The Morgan fingerprint density at radius 3 is 2.45 bits per heavy atom. The van der Waals surface area contributed by atoms with Gasteiger partial charge >= 0.3 is 0 Å². The minimum atomic E-state index is -0.466. The Labute approximate surface area is 208 Å². The van der Waals surface area contributed by atoms with Crippen LogP contribution >= 0.6 is 31.9 Å². The van der Waals surface area contributed by atoms with E-state index < -0.39 is 5.91 Å². The molecule has 0 spiro atoms. The van der Waals surface area contributed by atoms with E-state index in [9.17, 15) is 10.1 Å². The van der Waals surface area contributed by atoms with E-state index in [1.807, 2.05) is 42.5 Å². The van der Waals surface area contributed by atoms with Gasteiger partial charge in [-0.2, -0.15) is 10.4 Å². The number of carbonyl (C=O) groups is 1. The standard InChI is InChI=1S/C26H19Br2N3O2/c1-16-10-17(2)31(30-16)26(32)21(14-29)11-18-12-23(27)25(24(28)13-18)33-15-20-8-5-7-19-6-3-4-9-22(19)20/h3-13H,15H2,1-2H3/b21-11+. The maximum atomic E-state index is 12.8. The number of aryl methyl sites for hydroxylation is 2. The van der Waals surface area contributed by atoms with Gasteiger partial charge in [-0.3, -0.25) is 4.79 Å². The summed E-state index contributed by atoms with van der Waals surface area (Å²) in [6, 6.07) is 21.7. The largest absolute Gasteiger partial charge is 0.487 e. The van der Waals surface area contributed by atoms with Crippen LogP contribution in [0, 0.1) is 25.2 Å². The van der Waals surface area contributed by atoms with Crippen LogP contribution < -0.4 is 4.74 Å². The van der Waals surface area contributed by atoms with E-state index in [0.717, 1.165) is 22.0 Å². The summed E-state index contributed by atoms with van der Waals surface area (Å²) in [6.07, 6.45) is 1.54. The van der Waals surface area contributed by atoms with Gasteiger partial charge in [0.25, 0.3) is 5.91 Å². The van der Waals surface area contributed by atoms with Gasteiger partial charge in [0.2, 0.25) is 0 Å². The van der Waals surface area contributed by atoms with Crippen LogP contribution in [0.1, 0.15) is 27.3 Å². The molecule has 0 atom stereocenters. The summed E-state index contributed by atoms with van der Waals surface area (Å²) in [4.78, 5) is 12.8. The van der Waals surface area contributed by atoms with E-state index in [0.29, 0.717) is 32.6 Å². The van der Waals surface area contributed by atoms with Crippen molar-refractivity contribution in [1.29, 1.82) is 5.26 Å². The lowest BCUT2D eigenvalue weighted by atomic mass is 10.1. The average molecular weight is 565 g/mol. The molecular formula is C26H19Br2N3O2. The van der Waals surface area contributed by atoms with Gasteiger partial charge in [0.15, 0.2) is 0 Å². The van der Waals surface area contributed by atoms with Crippen molar-refractivity contribution < 1.29 is 9.53 Å². The van der Waals surface area contributed by atoms with Crippen LogP contribution in [0.3, 0.4) is 0 Å². The van der Waals surface area contributed by atoms with E-state index in [4.69, 9.17) is 4.74 Å². The third-order valence-electron chi connectivity index (χ3n) is 5.14. The lowest BCUT2D eigenvalue weighted by Crippen LogP contribution is -2.15. The molecule has 5 nitrogen and oxygen atoms in total. The van der Waals surface area contributed by atoms with Gasteiger partial charge < -0.3 is 4.74 Å². The van der Waals surface area contributed by atoms with Crippen molar-refractivity contribution in [3.63, 3.8) is 0 Å². The van der Waals surface area contributed by atoms with Crippen LogP contribution in [0.15, 0.2) is 75.2 Å². The number of hydrogen-bond donors (Lipinski definition) is 0. The van der Waals surface area contributed by atoms with Crippen molar-refractivity contribution in [3.8, 4) is 11.8 Å². The van der Waals surface area contributed by atoms with Crippen molar-refractivity contribution in [2.45, 2.75) is 20.5 Å². The Kier molecular flexibility index (Phi) is 6.77. The minimum absolute atomic E-state index is 0.00979. The summed E-state index contributed by atoms with van der Waals surface area (Å²) in [5.41, 5.74) is 3.15. The predicted octanol–water partition coefficient (Wildman–Crippen LogP) is 7.00. The molecule has 0 N–H and O–H groups in total. The van der Waals surface area contributed by atoms with E-state index in [2.05, 4.69) is 55.2 Å². The van der Waals surface area contributed by atoms with Gasteiger partial charge in [-0.1, -0.05) is 42.5 Å². The summed E-state index contributed by atoms with van der Waals surface area (Å²) < 4.78 is 8.78. The Balaban J connectivity index is 1.59. The molecule has 1 heterocycles. The van der Waals surface area contributed by atoms with Gasteiger partial charge in [-0.25, -0.2) is 4.68 Å². The highest BCUT2D eigenvalue weighted by atomic mass is 79.9. The van der Waals surface area contributed by atoms with Gasteiger partial charge in [0, 0.05) is 5.69 Å². The molecule has 0 amide bonds. The number of aromatic nitrogens is 2. The highest BCUT2D eigenvalue weighted by Gasteiger charge is 2.17. The van der Waals surface area contributed by atoms with Crippen LogP contribution in [0.2, 0.25) is 0 Å². The number of allylic oxidation sites excluding steroid dienone is 1. The number of hydrogen-bond acceptors (Lipinski definition) is 4. The normalized spacial score (nSPS) is 11.4. The molecule has 0 unspecified atom stereocenters. The first-order valence-corrected chi connectivity index (χ1v) is 11.7. The summed E-state index contributed by atoms with van der Waals surface area (Å²) >= 11 is 7.12. The highest BCUT2D eigenvalue weighted by molar-refractivity contribution is 9.11. The fourth-order valence-corrected chi connectivity index (χ4v) is 5.08. The van der Waals surface area contributed by atoms with Crippen LogP contribution in [-0.2, 0) is 6.61 Å². The quantitative estimate of drug-likeness (QED) is 0.193. The van der Waals surface area contributed by atoms with Crippen molar-refractivity contribution in [1.82, 2.24) is 9.78 Å². The number of carbonyl (C=O) groups excluding carboxylic acids is 1. The first kappa shape index (κ1) is 23.0. The van der Waals surface area contributed by atoms with Crippen LogP contribution in [0.25, 0.3) is 16.8 Å². The molecule has 33 heavy (non-hydrogen) atoms. The van der Waals surface area contributed by atoms with Crippen molar-refractivity contribution in [3.05, 3.63) is 97.7 Å². The molecule has 0 fully saturated rings. The maximum absolute atomic E-state index is 12.8. The number of halogens is 2. The fourth-order valence-electron chi connectivity index (χ4n) is 3.63. The predicted molar refractivity (Wildman–Crippen MR) is 136 cm³/mol. The molecular weight excluding hydrogens is 546 g/mol. The number of nitrogens with zero attached hydrogens (tertiary/aromatic N) is 3. The molecule has 0 saturated heterocycles. The number of rotatable bonds is 5. The second kappa shape index (κ2) is 9.74. The number of ether oxygens (including phenoxy) is 1. The Morgan fingerprint density at radius 2 is 1.79 bits per heavy atom. The maximum Gasteiger partial charge on any atom is 0.289 e. The molecule has 1 aromatic heterocycles. The molecule has 0 radical (unpaired) electrons. The third kappa shape index (κ3) is 4.92. The van der Waals surface area contributed by atoms with Crippen molar-refractivity contribution in [2.75, 3.05) is 0 Å². The summed E-state index contributed by atoms with van der Waals surface area (Å²) in [7, 11) is 0. The van der Waals surface area contributed by atoms with Crippen LogP contribution in [0.5, 0.6) is 5.75 Å². The van der Waals surface area contributed by atoms with Gasteiger partial charge in [0.05, 0.1) is 14.6 Å². The molecule has 4 aromatic rings. The lowest BCUT2D eigenvalue weighted by Gasteiger charge is -2.13. The van der Waals surface area contributed by atoms with Gasteiger partial charge in [0.1, 0.15) is 24.0 Å². The minimum Gasteiger partial charge on any atom is -0.487 e. The Morgan fingerprint density at radius 1 is 1.09 bits per heavy atom. The van der Waals surface area contributed by atoms with E-state index in [1.54, 1.807) is 26.0 Å². The zero-order chi connectivity index (χ0) is 23.5. The molecule has 0 aliphatic heterocycles. The Hall–Kier alpha value is -3.21. The summed E-state index contributed by atoms with van der Waals surface area (Å²) in [6.45, 7) is 3.98. The van der Waals surface area contributed by atoms with E-state index >= 15 is 0 Å². The topological polar surface area (TPSA) is 67.9 Å². The SMILES string of the molecule is Cc1cc(C)n(C(=O)/C(C#N)=C/c2cc(Br)c(OCc3cccc4ccccc34)c(Br)c2)n1. The highest BCUT2D eigenvalue weighted by Crippen LogP contribution is 2.36. The van der Waals surface area contributed by atoms with Gasteiger partial charge in [-0.05, 0) is 91.9 Å². The average Bonchev–Trinajstić information content (AvgIpc) is 3.14. The zero-order valence-electron chi connectivity index (χ0n) is 18.0. The zero-order valence-corrected chi connectivity index (χ0v) is 21.1. The first-order chi connectivity index (χ1) is 15.9. The molecule has 0 bridgehead atoms.